The van der Waals surface area contributed by atoms with Crippen LogP contribution < -0.4 is 0 Å². The highest BCUT2D eigenvalue weighted by atomic mass is 32.1. The van der Waals surface area contributed by atoms with E-state index in [0.29, 0.717) is 24.7 Å². The number of aromatic nitrogens is 1. The molecule has 1 saturated carbocycles. The van der Waals surface area contributed by atoms with Gasteiger partial charge in [-0.25, -0.2) is 0 Å². The normalized spacial score (nSPS) is 26.7. The van der Waals surface area contributed by atoms with Crippen LogP contribution in [-0.4, -0.2) is 41.8 Å². The summed E-state index contributed by atoms with van der Waals surface area (Å²) in [5.74, 6) is 0.587. The summed E-state index contributed by atoms with van der Waals surface area (Å²) in [6.07, 6.45) is 2.67. The quantitative estimate of drug-likeness (QED) is 0.789. The van der Waals surface area contributed by atoms with Gasteiger partial charge >= 0.3 is 0 Å². The molecule has 1 aliphatic carbocycles. The fourth-order valence-corrected chi connectivity index (χ4v) is 4.80. The minimum Gasteiger partial charge on any atom is -0.375 e. The summed E-state index contributed by atoms with van der Waals surface area (Å²) in [5, 5.41) is 2.16. The second kappa shape index (κ2) is 7.96. The van der Waals surface area contributed by atoms with Crippen LogP contribution in [0, 0.1) is 12.8 Å². The third-order valence-corrected chi connectivity index (χ3v) is 6.10. The van der Waals surface area contributed by atoms with E-state index in [4.69, 9.17) is 9.47 Å². The lowest BCUT2D eigenvalue weighted by molar-refractivity contribution is -0.0588. The van der Waals surface area contributed by atoms with Crippen molar-refractivity contribution in [3.63, 3.8) is 0 Å². The molecule has 25 heavy (non-hydrogen) atoms. The van der Waals surface area contributed by atoms with Gasteiger partial charge in [0.2, 0.25) is 0 Å². The lowest BCUT2D eigenvalue weighted by Gasteiger charge is -2.37. The monoisotopic (exact) mass is 358 g/mol. The Bertz CT molecular complexity index is 676. The molecule has 4 rings (SSSR count). The van der Waals surface area contributed by atoms with E-state index in [1.165, 1.54) is 11.3 Å². The van der Waals surface area contributed by atoms with Crippen LogP contribution in [0.15, 0.2) is 35.7 Å². The average molecular weight is 359 g/mol. The first-order valence-corrected chi connectivity index (χ1v) is 10.0. The van der Waals surface area contributed by atoms with Gasteiger partial charge in [-0.2, -0.15) is 0 Å². The molecule has 4 nitrogen and oxygen atoms in total. The predicted octanol–water partition coefficient (Wildman–Crippen LogP) is 3.65. The highest BCUT2D eigenvalue weighted by Gasteiger charge is 2.40. The zero-order chi connectivity index (χ0) is 17.1. The molecule has 3 atom stereocenters. The zero-order valence-electron chi connectivity index (χ0n) is 14.8. The predicted molar refractivity (Wildman–Crippen MR) is 99.6 cm³/mol. The Morgan fingerprint density at radius 3 is 3.08 bits per heavy atom. The van der Waals surface area contributed by atoms with Crippen LogP contribution in [0.1, 0.15) is 29.1 Å². The third kappa shape index (κ3) is 4.29. The molecule has 0 bridgehead atoms. The van der Waals surface area contributed by atoms with Crippen LogP contribution >= 0.6 is 11.3 Å². The molecule has 134 valence electrons. The van der Waals surface area contributed by atoms with E-state index in [2.05, 4.69) is 27.4 Å². The van der Waals surface area contributed by atoms with E-state index in [1.807, 2.05) is 36.5 Å². The Kier molecular flexibility index (Phi) is 5.46. The first-order valence-electron chi connectivity index (χ1n) is 9.16. The van der Waals surface area contributed by atoms with Crippen molar-refractivity contribution in [3.05, 3.63) is 52.0 Å². The van der Waals surface area contributed by atoms with Gasteiger partial charge in [0, 0.05) is 29.7 Å². The molecule has 0 amide bonds. The largest absolute Gasteiger partial charge is 0.375 e. The first kappa shape index (κ1) is 17.2. The van der Waals surface area contributed by atoms with Crippen molar-refractivity contribution in [2.24, 2.45) is 5.92 Å². The highest BCUT2D eigenvalue weighted by Crippen LogP contribution is 2.35. The highest BCUT2D eigenvalue weighted by molar-refractivity contribution is 7.09. The van der Waals surface area contributed by atoms with Crippen LogP contribution in [-0.2, 0) is 22.6 Å². The van der Waals surface area contributed by atoms with Gasteiger partial charge in [-0.05, 0) is 49.3 Å². The van der Waals surface area contributed by atoms with Gasteiger partial charge in [0.1, 0.15) is 0 Å². The Labute approximate surface area is 153 Å². The number of hydrogen-bond acceptors (Lipinski definition) is 5. The number of rotatable bonds is 6. The van der Waals surface area contributed by atoms with Crippen LogP contribution in [0.4, 0.5) is 0 Å². The van der Waals surface area contributed by atoms with Crippen molar-refractivity contribution in [1.82, 2.24) is 9.88 Å². The molecular weight excluding hydrogens is 332 g/mol. The van der Waals surface area contributed by atoms with Crippen molar-refractivity contribution in [1.29, 1.82) is 0 Å². The Morgan fingerprint density at radius 2 is 2.24 bits per heavy atom. The van der Waals surface area contributed by atoms with Gasteiger partial charge in [0.25, 0.3) is 0 Å². The van der Waals surface area contributed by atoms with Crippen molar-refractivity contribution < 1.29 is 9.47 Å². The van der Waals surface area contributed by atoms with Crippen molar-refractivity contribution in [2.45, 2.75) is 45.1 Å². The number of thiophene rings is 1. The van der Waals surface area contributed by atoms with E-state index >= 15 is 0 Å². The minimum absolute atomic E-state index is 0.374. The van der Waals surface area contributed by atoms with Crippen molar-refractivity contribution in [2.75, 3.05) is 19.8 Å². The summed E-state index contributed by atoms with van der Waals surface area (Å²) in [6, 6.07) is 11.0. The van der Waals surface area contributed by atoms with E-state index in [9.17, 15) is 0 Å². The topological polar surface area (TPSA) is 34.6 Å². The van der Waals surface area contributed by atoms with Gasteiger partial charge < -0.3 is 9.47 Å². The zero-order valence-corrected chi connectivity index (χ0v) is 15.6. The van der Waals surface area contributed by atoms with Crippen molar-refractivity contribution in [3.8, 4) is 0 Å². The standard InChI is InChI=1S/C20H26N2O2S/c1-15-4-2-5-17(21-15)14-23-13-16-10-19-20(11-16)24-8-7-22(19)12-18-6-3-9-25-18/h2-6,9,16,19-20H,7-8,10-14H2,1H3. The number of ether oxygens (including phenoxy) is 2. The molecule has 0 radical (unpaired) electrons. The van der Waals surface area contributed by atoms with E-state index in [-0.39, 0.29) is 0 Å². The second-order valence-electron chi connectivity index (χ2n) is 7.15. The summed E-state index contributed by atoms with van der Waals surface area (Å²) in [4.78, 5) is 8.57. The van der Waals surface area contributed by atoms with Crippen LogP contribution in [0.2, 0.25) is 0 Å². The van der Waals surface area contributed by atoms with Gasteiger partial charge in [0.15, 0.2) is 0 Å². The molecular formula is C20H26N2O2S. The average Bonchev–Trinajstić information content (AvgIpc) is 3.25. The molecule has 0 aromatic carbocycles. The number of fused-ring (bicyclic) bond motifs is 1. The summed E-state index contributed by atoms with van der Waals surface area (Å²) < 4.78 is 12.0. The molecule has 1 saturated heterocycles. The van der Waals surface area contributed by atoms with Gasteiger partial charge in [-0.3, -0.25) is 9.88 Å². The number of hydrogen-bond donors (Lipinski definition) is 0. The van der Waals surface area contributed by atoms with E-state index in [0.717, 1.165) is 44.1 Å². The molecule has 2 aliphatic rings. The first-order chi connectivity index (χ1) is 12.3. The molecule has 0 N–H and O–H groups in total. The Balaban J connectivity index is 1.29. The van der Waals surface area contributed by atoms with E-state index < -0.39 is 0 Å². The van der Waals surface area contributed by atoms with Gasteiger partial charge in [-0.1, -0.05) is 12.1 Å². The maximum atomic E-state index is 6.06. The lowest BCUT2D eigenvalue weighted by atomic mass is 10.1. The molecule has 1 aliphatic heterocycles. The number of pyridine rings is 1. The maximum absolute atomic E-state index is 6.06. The Morgan fingerprint density at radius 1 is 1.28 bits per heavy atom. The van der Waals surface area contributed by atoms with Crippen LogP contribution in [0.3, 0.4) is 0 Å². The van der Waals surface area contributed by atoms with Crippen LogP contribution in [0.25, 0.3) is 0 Å². The fourth-order valence-electron chi connectivity index (χ4n) is 4.07. The molecule has 5 heteroatoms. The molecule has 2 fully saturated rings. The maximum Gasteiger partial charge on any atom is 0.0888 e. The Hall–Kier alpha value is -1.27. The summed E-state index contributed by atoms with van der Waals surface area (Å²) in [6.45, 7) is 6.38. The number of morpholine rings is 1. The molecule has 2 aromatic rings. The third-order valence-electron chi connectivity index (χ3n) is 5.24. The summed E-state index contributed by atoms with van der Waals surface area (Å²) in [7, 11) is 0. The molecule has 0 spiro atoms. The molecule has 3 heterocycles. The minimum atomic E-state index is 0.374. The smallest absolute Gasteiger partial charge is 0.0888 e. The number of aryl methyl sites for hydroxylation is 1. The van der Waals surface area contributed by atoms with Gasteiger partial charge in [-0.15, -0.1) is 11.3 Å². The van der Waals surface area contributed by atoms with Gasteiger partial charge in [0.05, 0.1) is 31.6 Å². The van der Waals surface area contributed by atoms with E-state index in [1.54, 1.807) is 0 Å². The summed E-state index contributed by atoms with van der Waals surface area (Å²) in [5.41, 5.74) is 2.07. The lowest BCUT2D eigenvalue weighted by Crippen LogP contribution is -2.47. The number of nitrogens with zero attached hydrogens (tertiary/aromatic N) is 2. The fraction of sp³-hybridized carbons (Fsp3) is 0.550. The van der Waals surface area contributed by atoms with Crippen LogP contribution in [0.5, 0.6) is 0 Å². The SMILES string of the molecule is Cc1cccc(COCC2CC3OCCN(Cc4cccs4)C3C2)n1. The summed E-state index contributed by atoms with van der Waals surface area (Å²) >= 11 is 1.85. The van der Waals surface area contributed by atoms with Crippen molar-refractivity contribution >= 4 is 11.3 Å². The second-order valence-corrected chi connectivity index (χ2v) is 8.18. The molecule has 2 aromatic heterocycles. The molecule has 3 unspecified atom stereocenters.